The lowest BCUT2D eigenvalue weighted by Gasteiger charge is -2.12. The summed E-state index contributed by atoms with van der Waals surface area (Å²) in [6, 6.07) is 13.1. The van der Waals surface area contributed by atoms with Crippen molar-refractivity contribution in [1.82, 2.24) is 15.5 Å². The van der Waals surface area contributed by atoms with Crippen LogP contribution in [0.15, 0.2) is 53.4 Å². The summed E-state index contributed by atoms with van der Waals surface area (Å²) in [7, 11) is 0. The number of nitrogens with one attached hydrogen (secondary N) is 2. The van der Waals surface area contributed by atoms with Crippen LogP contribution in [0.25, 0.3) is 11.3 Å². The standard InChI is InChI=1S/C16H17N3S/c1-12(15-7-9-20-11-15)17-10-13-2-4-14(5-3-13)16-6-8-18-19-16/h2-9,11-12,17H,10H2,1H3,(H,18,19). The van der Waals surface area contributed by atoms with Crippen molar-refractivity contribution in [2.75, 3.05) is 0 Å². The van der Waals surface area contributed by atoms with E-state index in [0.717, 1.165) is 17.8 Å². The maximum Gasteiger partial charge on any atom is 0.0650 e. The Morgan fingerprint density at radius 1 is 1.20 bits per heavy atom. The molecule has 0 fully saturated rings. The largest absolute Gasteiger partial charge is 0.306 e. The maximum atomic E-state index is 3.97. The Labute approximate surface area is 122 Å². The number of aromatic amines is 1. The molecule has 2 aromatic heterocycles. The number of hydrogen-bond acceptors (Lipinski definition) is 3. The van der Waals surface area contributed by atoms with Gasteiger partial charge in [0, 0.05) is 18.8 Å². The van der Waals surface area contributed by atoms with Crippen LogP contribution >= 0.6 is 11.3 Å². The normalized spacial score (nSPS) is 12.4. The van der Waals surface area contributed by atoms with Crippen LogP contribution in [-0.4, -0.2) is 10.2 Å². The van der Waals surface area contributed by atoms with Gasteiger partial charge < -0.3 is 5.32 Å². The van der Waals surface area contributed by atoms with Crippen molar-refractivity contribution in [2.45, 2.75) is 19.5 Å². The van der Waals surface area contributed by atoms with Crippen molar-refractivity contribution >= 4 is 11.3 Å². The first kappa shape index (κ1) is 13.1. The van der Waals surface area contributed by atoms with Crippen LogP contribution in [-0.2, 0) is 6.54 Å². The molecule has 0 aliphatic carbocycles. The first-order chi connectivity index (χ1) is 9.83. The lowest BCUT2D eigenvalue weighted by Crippen LogP contribution is -2.17. The van der Waals surface area contributed by atoms with Gasteiger partial charge in [0.05, 0.1) is 5.69 Å². The van der Waals surface area contributed by atoms with Gasteiger partial charge >= 0.3 is 0 Å². The van der Waals surface area contributed by atoms with Crippen molar-refractivity contribution in [1.29, 1.82) is 0 Å². The summed E-state index contributed by atoms with van der Waals surface area (Å²) in [5.41, 5.74) is 4.85. The molecule has 0 spiro atoms. The monoisotopic (exact) mass is 283 g/mol. The second kappa shape index (κ2) is 6.03. The molecule has 2 heterocycles. The number of aromatic nitrogens is 2. The number of rotatable bonds is 5. The predicted octanol–water partition coefficient (Wildman–Crippen LogP) is 3.99. The van der Waals surface area contributed by atoms with E-state index in [-0.39, 0.29) is 0 Å². The van der Waals surface area contributed by atoms with E-state index < -0.39 is 0 Å². The minimum Gasteiger partial charge on any atom is -0.306 e. The Bertz CT molecular complexity index is 627. The van der Waals surface area contributed by atoms with Gasteiger partial charge in [-0.2, -0.15) is 16.4 Å². The molecule has 0 aliphatic rings. The molecular weight excluding hydrogens is 266 g/mol. The van der Waals surface area contributed by atoms with Gasteiger partial charge in [0.25, 0.3) is 0 Å². The summed E-state index contributed by atoms with van der Waals surface area (Å²) in [5, 5.41) is 14.8. The molecule has 1 atom stereocenters. The average Bonchev–Trinajstić information content (AvgIpc) is 3.18. The zero-order valence-electron chi connectivity index (χ0n) is 11.3. The van der Waals surface area contributed by atoms with E-state index in [0.29, 0.717) is 6.04 Å². The molecule has 0 saturated heterocycles. The van der Waals surface area contributed by atoms with Gasteiger partial charge in [-0.15, -0.1) is 0 Å². The topological polar surface area (TPSA) is 40.7 Å². The SMILES string of the molecule is CC(NCc1ccc(-c2ccn[nH]2)cc1)c1ccsc1. The highest BCUT2D eigenvalue weighted by Crippen LogP contribution is 2.18. The molecule has 0 radical (unpaired) electrons. The molecule has 1 aromatic carbocycles. The number of hydrogen-bond donors (Lipinski definition) is 2. The van der Waals surface area contributed by atoms with Crippen LogP contribution < -0.4 is 5.32 Å². The van der Waals surface area contributed by atoms with Crippen molar-refractivity contribution in [3.8, 4) is 11.3 Å². The van der Waals surface area contributed by atoms with Gasteiger partial charge in [-0.3, -0.25) is 5.10 Å². The summed E-state index contributed by atoms with van der Waals surface area (Å²) in [5.74, 6) is 0. The third kappa shape index (κ3) is 2.98. The first-order valence-electron chi connectivity index (χ1n) is 6.67. The van der Waals surface area contributed by atoms with Gasteiger partial charge in [-0.25, -0.2) is 0 Å². The number of thiophene rings is 1. The zero-order valence-corrected chi connectivity index (χ0v) is 12.2. The van der Waals surface area contributed by atoms with E-state index in [4.69, 9.17) is 0 Å². The third-order valence-electron chi connectivity index (χ3n) is 3.42. The molecule has 0 aliphatic heterocycles. The Kier molecular flexibility index (Phi) is 3.95. The van der Waals surface area contributed by atoms with E-state index in [1.54, 1.807) is 17.5 Å². The fraction of sp³-hybridized carbons (Fsp3) is 0.188. The van der Waals surface area contributed by atoms with E-state index in [1.807, 2.05) is 6.07 Å². The quantitative estimate of drug-likeness (QED) is 0.743. The Hall–Kier alpha value is -1.91. The fourth-order valence-corrected chi connectivity index (χ4v) is 2.88. The second-order valence-electron chi connectivity index (χ2n) is 4.83. The van der Waals surface area contributed by atoms with Crippen molar-refractivity contribution in [3.05, 3.63) is 64.5 Å². The van der Waals surface area contributed by atoms with Gasteiger partial charge in [0.1, 0.15) is 0 Å². The Balaban J connectivity index is 1.61. The molecule has 20 heavy (non-hydrogen) atoms. The minimum atomic E-state index is 0.383. The van der Waals surface area contributed by atoms with Crippen LogP contribution in [0.2, 0.25) is 0 Å². The van der Waals surface area contributed by atoms with E-state index in [1.165, 1.54) is 11.1 Å². The molecule has 2 N–H and O–H groups in total. The van der Waals surface area contributed by atoms with E-state index in [9.17, 15) is 0 Å². The molecule has 0 amide bonds. The summed E-state index contributed by atoms with van der Waals surface area (Å²) in [6.45, 7) is 3.07. The summed E-state index contributed by atoms with van der Waals surface area (Å²) < 4.78 is 0. The minimum absolute atomic E-state index is 0.383. The molecule has 102 valence electrons. The third-order valence-corrected chi connectivity index (χ3v) is 4.12. The van der Waals surface area contributed by atoms with Crippen LogP contribution in [0.3, 0.4) is 0 Å². The second-order valence-corrected chi connectivity index (χ2v) is 5.61. The molecular formula is C16H17N3S. The highest BCUT2D eigenvalue weighted by Gasteiger charge is 2.05. The van der Waals surface area contributed by atoms with Crippen LogP contribution in [0, 0.1) is 0 Å². The summed E-state index contributed by atoms with van der Waals surface area (Å²) in [4.78, 5) is 0. The molecule has 3 rings (SSSR count). The van der Waals surface area contributed by atoms with Crippen molar-refractivity contribution < 1.29 is 0 Å². The highest BCUT2D eigenvalue weighted by atomic mass is 32.1. The number of H-pyrrole nitrogens is 1. The average molecular weight is 283 g/mol. The molecule has 1 unspecified atom stereocenters. The van der Waals surface area contributed by atoms with E-state index >= 15 is 0 Å². The number of benzene rings is 1. The summed E-state index contributed by atoms with van der Waals surface area (Å²) in [6.07, 6.45) is 1.77. The van der Waals surface area contributed by atoms with Gasteiger partial charge in [-0.1, -0.05) is 24.3 Å². The maximum absolute atomic E-state index is 3.97. The molecule has 0 bridgehead atoms. The van der Waals surface area contributed by atoms with Crippen LogP contribution in [0.1, 0.15) is 24.1 Å². The smallest absolute Gasteiger partial charge is 0.0650 e. The Morgan fingerprint density at radius 3 is 2.70 bits per heavy atom. The number of nitrogens with zero attached hydrogens (tertiary/aromatic N) is 1. The molecule has 4 heteroatoms. The lowest BCUT2D eigenvalue weighted by atomic mass is 10.1. The zero-order chi connectivity index (χ0) is 13.8. The summed E-state index contributed by atoms with van der Waals surface area (Å²) >= 11 is 1.74. The van der Waals surface area contributed by atoms with Crippen molar-refractivity contribution in [3.63, 3.8) is 0 Å². The van der Waals surface area contributed by atoms with Crippen LogP contribution in [0.5, 0.6) is 0 Å². The van der Waals surface area contributed by atoms with Crippen molar-refractivity contribution in [2.24, 2.45) is 0 Å². The fourth-order valence-electron chi connectivity index (χ4n) is 2.13. The van der Waals surface area contributed by atoms with Gasteiger partial charge in [-0.05, 0) is 46.5 Å². The first-order valence-corrected chi connectivity index (χ1v) is 7.61. The predicted molar refractivity (Wildman–Crippen MR) is 83.6 cm³/mol. The molecule has 3 nitrogen and oxygen atoms in total. The molecule has 0 saturated carbocycles. The molecule has 3 aromatic rings. The highest BCUT2D eigenvalue weighted by molar-refractivity contribution is 7.07. The lowest BCUT2D eigenvalue weighted by molar-refractivity contribution is 0.576. The van der Waals surface area contributed by atoms with Gasteiger partial charge in [0.15, 0.2) is 0 Å². The van der Waals surface area contributed by atoms with E-state index in [2.05, 4.69) is 63.5 Å². The van der Waals surface area contributed by atoms with Gasteiger partial charge in [0.2, 0.25) is 0 Å². The Morgan fingerprint density at radius 2 is 2.05 bits per heavy atom. The van der Waals surface area contributed by atoms with Crippen LogP contribution in [0.4, 0.5) is 0 Å².